The zero-order valence-electron chi connectivity index (χ0n) is 10.3. The van der Waals surface area contributed by atoms with E-state index in [0.29, 0.717) is 17.3 Å². The highest BCUT2D eigenvalue weighted by Gasteiger charge is 2.17. The molecule has 0 fully saturated rings. The lowest BCUT2D eigenvalue weighted by Crippen LogP contribution is -2.37. The highest BCUT2D eigenvalue weighted by Crippen LogP contribution is 2.12. The first kappa shape index (κ1) is 15.1. The Labute approximate surface area is 114 Å². The van der Waals surface area contributed by atoms with Gasteiger partial charge in [-0.15, -0.1) is 0 Å². The Morgan fingerprint density at radius 1 is 1.39 bits per heavy atom. The zero-order chi connectivity index (χ0) is 13.7. The average molecular weight is 320 g/mol. The number of carbonyl (C=O) groups is 1. The summed E-state index contributed by atoms with van der Waals surface area (Å²) in [4.78, 5) is 11.8. The Morgan fingerprint density at radius 2 is 2.06 bits per heavy atom. The molecule has 2 nitrogen and oxygen atoms in total. The first-order valence-corrected chi connectivity index (χ1v) is 6.88. The van der Waals surface area contributed by atoms with Crippen LogP contribution in [-0.2, 0) is 0 Å². The monoisotopic (exact) mass is 319 g/mol. The minimum atomic E-state index is -0.842. The van der Waals surface area contributed by atoms with Gasteiger partial charge in [0.05, 0.1) is 5.56 Å². The molecule has 1 unspecified atom stereocenters. The van der Waals surface area contributed by atoms with E-state index in [2.05, 4.69) is 21.2 Å². The molecular formula is C13H16BrF2NO. The number of rotatable bonds is 5. The minimum absolute atomic E-state index is 0.0676. The van der Waals surface area contributed by atoms with Crippen molar-refractivity contribution >= 4 is 21.8 Å². The molecule has 0 aliphatic carbocycles. The van der Waals surface area contributed by atoms with Crippen molar-refractivity contribution in [1.82, 2.24) is 5.32 Å². The molecule has 1 atom stereocenters. The number of halogens is 3. The van der Waals surface area contributed by atoms with E-state index in [9.17, 15) is 13.6 Å². The number of carbonyl (C=O) groups excluding carboxylic acids is 1. The van der Waals surface area contributed by atoms with Gasteiger partial charge in [-0.25, -0.2) is 8.78 Å². The zero-order valence-corrected chi connectivity index (χ0v) is 11.9. The summed E-state index contributed by atoms with van der Waals surface area (Å²) in [6.07, 6.45) is 0.791. The van der Waals surface area contributed by atoms with Gasteiger partial charge in [0.25, 0.3) is 5.91 Å². The molecule has 1 rings (SSSR count). The number of nitrogens with one attached hydrogen (secondary N) is 1. The Hall–Kier alpha value is -0.970. The Morgan fingerprint density at radius 3 is 2.56 bits per heavy atom. The van der Waals surface area contributed by atoms with Crippen molar-refractivity contribution in [2.24, 2.45) is 5.92 Å². The van der Waals surface area contributed by atoms with Crippen molar-refractivity contribution in [2.75, 3.05) is 5.33 Å². The normalized spacial score (nSPS) is 12.6. The van der Waals surface area contributed by atoms with Crippen LogP contribution >= 0.6 is 15.9 Å². The first-order chi connectivity index (χ1) is 8.43. The molecule has 0 aliphatic heterocycles. The molecule has 0 aliphatic rings. The molecule has 0 radical (unpaired) electrons. The summed E-state index contributed by atoms with van der Waals surface area (Å²) in [6.45, 7) is 4.08. The molecule has 1 aromatic carbocycles. The maximum Gasteiger partial charge on any atom is 0.254 e. The van der Waals surface area contributed by atoms with Gasteiger partial charge in [-0.1, -0.05) is 29.8 Å². The van der Waals surface area contributed by atoms with E-state index in [-0.39, 0.29) is 11.6 Å². The van der Waals surface area contributed by atoms with Crippen molar-refractivity contribution in [3.63, 3.8) is 0 Å². The van der Waals surface area contributed by atoms with E-state index in [4.69, 9.17) is 0 Å². The Balaban J connectivity index is 2.74. The van der Waals surface area contributed by atoms with Crippen LogP contribution in [0, 0.1) is 17.6 Å². The van der Waals surface area contributed by atoms with E-state index in [1.165, 1.54) is 0 Å². The lowest BCUT2D eigenvalue weighted by Gasteiger charge is -2.18. The highest BCUT2D eigenvalue weighted by atomic mass is 79.9. The van der Waals surface area contributed by atoms with Crippen LogP contribution in [0.2, 0.25) is 0 Å². The van der Waals surface area contributed by atoms with Crippen molar-refractivity contribution < 1.29 is 13.6 Å². The summed E-state index contributed by atoms with van der Waals surface area (Å²) >= 11 is 3.31. The van der Waals surface area contributed by atoms with Crippen molar-refractivity contribution in [1.29, 1.82) is 0 Å². The second-order valence-corrected chi connectivity index (χ2v) is 5.23. The predicted octanol–water partition coefficient (Wildman–Crippen LogP) is 3.50. The molecule has 0 heterocycles. The largest absolute Gasteiger partial charge is 0.348 e. The minimum Gasteiger partial charge on any atom is -0.348 e. The van der Waals surface area contributed by atoms with Gasteiger partial charge in [0.2, 0.25) is 0 Å². The van der Waals surface area contributed by atoms with Crippen LogP contribution in [0.4, 0.5) is 8.78 Å². The van der Waals surface area contributed by atoms with E-state index < -0.39 is 17.5 Å². The second-order valence-electron chi connectivity index (χ2n) is 4.58. The van der Waals surface area contributed by atoms with Crippen LogP contribution in [-0.4, -0.2) is 17.3 Å². The van der Waals surface area contributed by atoms with Gasteiger partial charge in [-0.05, 0) is 24.5 Å². The average Bonchev–Trinajstić information content (AvgIpc) is 2.27. The number of amides is 1. The van der Waals surface area contributed by atoms with E-state index >= 15 is 0 Å². The molecule has 1 aromatic rings. The predicted molar refractivity (Wildman–Crippen MR) is 70.9 cm³/mol. The fourth-order valence-electron chi connectivity index (χ4n) is 1.67. The van der Waals surface area contributed by atoms with E-state index in [1.54, 1.807) is 0 Å². The van der Waals surface area contributed by atoms with Crippen LogP contribution in [0.15, 0.2) is 18.2 Å². The van der Waals surface area contributed by atoms with Crippen molar-refractivity contribution in [3.05, 3.63) is 35.4 Å². The summed E-state index contributed by atoms with van der Waals surface area (Å²) < 4.78 is 26.1. The quantitative estimate of drug-likeness (QED) is 0.827. The van der Waals surface area contributed by atoms with Crippen LogP contribution in [0.5, 0.6) is 0 Å². The van der Waals surface area contributed by atoms with Crippen LogP contribution in [0.1, 0.15) is 30.6 Å². The number of benzene rings is 1. The summed E-state index contributed by atoms with van der Waals surface area (Å²) in [5.74, 6) is -1.63. The van der Waals surface area contributed by atoms with Crippen molar-refractivity contribution in [3.8, 4) is 0 Å². The van der Waals surface area contributed by atoms with Gasteiger partial charge in [0.15, 0.2) is 0 Å². The van der Waals surface area contributed by atoms with Gasteiger partial charge in [-0.2, -0.15) is 0 Å². The lowest BCUT2D eigenvalue weighted by molar-refractivity contribution is 0.0933. The number of hydrogen-bond donors (Lipinski definition) is 1. The Bertz CT molecular complexity index is 423. The maximum atomic E-state index is 13.4. The summed E-state index contributed by atoms with van der Waals surface area (Å²) in [5.41, 5.74) is -0.133. The number of alkyl halides is 1. The number of hydrogen-bond acceptors (Lipinski definition) is 1. The van der Waals surface area contributed by atoms with Crippen molar-refractivity contribution in [2.45, 2.75) is 26.3 Å². The third-order valence-corrected chi connectivity index (χ3v) is 3.23. The van der Waals surface area contributed by atoms with E-state index in [0.717, 1.165) is 18.6 Å². The third-order valence-electron chi connectivity index (χ3n) is 2.45. The van der Waals surface area contributed by atoms with Crippen LogP contribution < -0.4 is 5.32 Å². The highest BCUT2D eigenvalue weighted by molar-refractivity contribution is 9.09. The molecule has 0 aromatic heterocycles. The summed E-state index contributed by atoms with van der Waals surface area (Å²) in [5, 5.41) is 3.32. The molecule has 18 heavy (non-hydrogen) atoms. The lowest BCUT2D eigenvalue weighted by atomic mass is 10.0. The van der Waals surface area contributed by atoms with Gasteiger partial charge in [0.1, 0.15) is 11.6 Å². The molecule has 5 heteroatoms. The molecule has 1 N–H and O–H groups in total. The molecule has 0 spiro atoms. The van der Waals surface area contributed by atoms with Gasteiger partial charge in [0, 0.05) is 17.4 Å². The molecule has 0 saturated carbocycles. The van der Waals surface area contributed by atoms with E-state index in [1.807, 2.05) is 13.8 Å². The smallest absolute Gasteiger partial charge is 0.254 e. The summed E-state index contributed by atoms with van der Waals surface area (Å²) in [7, 11) is 0. The van der Waals surface area contributed by atoms with Gasteiger partial charge >= 0.3 is 0 Å². The maximum absolute atomic E-state index is 13.4. The standard InChI is InChI=1S/C13H16BrF2NO/c1-8(2)5-10(7-14)17-13(18)11-4-3-9(15)6-12(11)16/h3-4,6,8,10H,5,7H2,1-2H3,(H,17,18). The Kier molecular flexibility index (Phi) is 5.72. The molecular weight excluding hydrogens is 304 g/mol. The second kappa shape index (κ2) is 6.83. The third kappa shape index (κ3) is 4.37. The van der Waals surface area contributed by atoms with Gasteiger partial charge < -0.3 is 5.32 Å². The fraction of sp³-hybridized carbons (Fsp3) is 0.462. The first-order valence-electron chi connectivity index (χ1n) is 5.76. The SMILES string of the molecule is CC(C)CC(CBr)NC(=O)c1ccc(F)cc1F. The molecule has 100 valence electrons. The molecule has 0 bridgehead atoms. The van der Waals surface area contributed by atoms with Crippen LogP contribution in [0.3, 0.4) is 0 Å². The molecule has 0 saturated heterocycles. The molecule has 1 amide bonds. The van der Waals surface area contributed by atoms with Crippen LogP contribution in [0.25, 0.3) is 0 Å². The fourth-order valence-corrected chi connectivity index (χ4v) is 2.09. The summed E-state index contributed by atoms with van der Waals surface area (Å²) in [6, 6.07) is 2.87. The van der Waals surface area contributed by atoms with Gasteiger partial charge in [-0.3, -0.25) is 4.79 Å². The topological polar surface area (TPSA) is 29.1 Å².